The molecule has 0 heterocycles. The summed E-state index contributed by atoms with van der Waals surface area (Å²) in [5.41, 5.74) is 0.368. The fraction of sp³-hybridized carbons (Fsp3) is 0.571. The Labute approximate surface area is 107 Å². The molecule has 0 saturated heterocycles. The van der Waals surface area contributed by atoms with E-state index in [4.69, 9.17) is 0 Å². The quantitative estimate of drug-likeness (QED) is 0.758. The molecule has 0 aromatic heterocycles. The van der Waals surface area contributed by atoms with Gasteiger partial charge in [-0.05, 0) is 23.1 Å². The molecule has 1 atom stereocenters. The van der Waals surface area contributed by atoms with Gasteiger partial charge in [0.15, 0.2) is 0 Å². The third-order valence-corrected chi connectivity index (χ3v) is 2.94. The molecule has 0 amide bonds. The lowest BCUT2D eigenvalue weighted by Crippen LogP contribution is -2.32. The predicted octanol–water partition coefficient (Wildman–Crippen LogP) is 4.44. The Bertz CT molecular complexity index is 371. The summed E-state index contributed by atoms with van der Waals surface area (Å²) in [4.78, 5) is 1.86. The van der Waals surface area contributed by atoms with Crippen LogP contribution < -0.4 is 4.90 Å². The predicted molar refractivity (Wildman–Crippen MR) is 69.0 cm³/mol. The molecule has 18 heavy (non-hydrogen) atoms. The van der Waals surface area contributed by atoms with Gasteiger partial charge in [0.1, 0.15) is 0 Å². The fourth-order valence-corrected chi connectivity index (χ4v) is 2.14. The maximum atomic E-state index is 13.2. The average molecular weight is 259 g/mol. The van der Waals surface area contributed by atoms with Crippen molar-refractivity contribution in [2.45, 2.75) is 32.9 Å². The van der Waals surface area contributed by atoms with Gasteiger partial charge < -0.3 is 4.90 Å². The number of hydrogen-bond donors (Lipinski definition) is 0. The minimum atomic E-state index is -4.22. The first-order chi connectivity index (χ1) is 8.03. The molecule has 102 valence electrons. The van der Waals surface area contributed by atoms with Crippen LogP contribution in [0.15, 0.2) is 24.3 Å². The summed E-state index contributed by atoms with van der Waals surface area (Å²) in [5.74, 6) is -1.44. The highest BCUT2D eigenvalue weighted by Crippen LogP contribution is 2.46. The molecule has 1 rings (SSSR count). The molecular formula is C14H20F3N. The molecular weight excluding hydrogens is 239 g/mol. The lowest BCUT2D eigenvalue weighted by atomic mass is 9.76. The van der Waals surface area contributed by atoms with Gasteiger partial charge in [0.05, 0.1) is 5.92 Å². The molecule has 1 aromatic carbocycles. The van der Waals surface area contributed by atoms with Crippen LogP contribution in [0.2, 0.25) is 0 Å². The van der Waals surface area contributed by atoms with Crippen molar-refractivity contribution in [3.05, 3.63) is 29.8 Å². The van der Waals surface area contributed by atoms with Gasteiger partial charge in [-0.15, -0.1) is 0 Å². The highest BCUT2D eigenvalue weighted by atomic mass is 19.4. The van der Waals surface area contributed by atoms with Crippen LogP contribution in [0.1, 0.15) is 32.3 Å². The van der Waals surface area contributed by atoms with E-state index in [-0.39, 0.29) is 0 Å². The maximum Gasteiger partial charge on any atom is 0.396 e. The van der Waals surface area contributed by atoms with Crippen LogP contribution in [-0.2, 0) is 0 Å². The summed E-state index contributed by atoms with van der Waals surface area (Å²) in [7, 11) is 3.72. The molecule has 0 saturated carbocycles. The van der Waals surface area contributed by atoms with E-state index in [1.807, 2.05) is 19.0 Å². The third-order valence-electron chi connectivity index (χ3n) is 2.94. The Morgan fingerprint density at radius 1 is 0.944 bits per heavy atom. The van der Waals surface area contributed by atoms with Crippen molar-refractivity contribution in [3.63, 3.8) is 0 Å². The molecule has 0 aliphatic rings. The van der Waals surface area contributed by atoms with Gasteiger partial charge in [-0.2, -0.15) is 13.2 Å². The van der Waals surface area contributed by atoms with E-state index in [1.165, 1.54) is 0 Å². The van der Waals surface area contributed by atoms with Crippen LogP contribution in [0.5, 0.6) is 0 Å². The summed E-state index contributed by atoms with van der Waals surface area (Å²) in [5, 5.41) is 0. The standard InChI is InChI=1S/C14H20F3N/c1-13(2,3)12(14(15,16)17)10-6-8-11(9-7-10)18(4)5/h6-9,12H,1-5H3. The first-order valence-corrected chi connectivity index (χ1v) is 5.87. The molecule has 0 radical (unpaired) electrons. The smallest absolute Gasteiger partial charge is 0.378 e. The zero-order valence-corrected chi connectivity index (χ0v) is 11.5. The zero-order chi connectivity index (χ0) is 14.1. The molecule has 0 fully saturated rings. The van der Waals surface area contributed by atoms with Gasteiger partial charge in [0.2, 0.25) is 0 Å². The van der Waals surface area contributed by atoms with Gasteiger partial charge in [0.25, 0.3) is 0 Å². The number of halogens is 3. The van der Waals surface area contributed by atoms with Crippen LogP contribution in [0, 0.1) is 5.41 Å². The summed E-state index contributed by atoms with van der Waals surface area (Å²) in [6.45, 7) is 4.85. The summed E-state index contributed by atoms with van der Waals surface area (Å²) < 4.78 is 39.5. The van der Waals surface area contributed by atoms with E-state index in [0.717, 1.165) is 5.69 Å². The lowest BCUT2D eigenvalue weighted by Gasteiger charge is -2.33. The Morgan fingerprint density at radius 3 is 1.67 bits per heavy atom. The minimum Gasteiger partial charge on any atom is -0.378 e. The van der Waals surface area contributed by atoms with Gasteiger partial charge >= 0.3 is 6.18 Å². The van der Waals surface area contributed by atoms with Gasteiger partial charge in [-0.25, -0.2) is 0 Å². The number of alkyl halides is 3. The minimum absolute atomic E-state index is 0.320. The second kappa shape index (κ2) is 4.82. The Morgan fingerprint density at radius 2 is 1.39 bits per heavy atom. The van der Waals surface area contributed by atoms with Gasteiger partial charge in [0, 0.05) is 19.8 Å². The second-order valence-electron chi connectivity index (χ2n) is 5.83. The van der Waals surface area contributed by atoms with Crippen LogP contribution in [-0.4, -0.2) is 20.3 Å². The monoisotopic (exact) mass is 259 g/mol. The second-order valence-corrected chi connectivity index (χ2v) is 5.83. The van der Waals surface area contributed by atoms with Crippen LogP contribution in [0.25, 0.3) is 0 Å². The molecule has 1 unspecified atom stereocenters. The van der Waals surface area contributed by atoms with Crippen molar-refractivity contribution in [3.8, 4) is 0 Å². The number of rotatable bonds is 2. The summed E-state index contributed by atoms with van der Waals surface area (Å²) in [6, 6.07) is 6.58. The Hall–Kier alpha value is -1.19. The van der Waals surface area contributed by atoms with Crippen LogP contribution in [0.4, 0.5) is 18.9 Å². The Balaban J connectivity index is 3.16. The largest absolute Gasteiger partial charge is 0.396 e. The molecule has 0 bridgehead atoms. The molecule has 1 nitrogen and oxygen atoms in total. The van der Waals surface area contributed by atoms with Gasteiger partial charge in [-0.3, -0.25) is 0 Å². The van der Waals surface area contributed by atoms with Crippen molar-refractivity contribution in [2.24, 2.45) is 5.41 Å². The normalized spacial score (nSPS) is 14.4. The number of nitrogens with zero attached hydrogens (tertiary/aromatic N) is 1. The molecule has 1 aromatic rings. The highest BCUT2D eigenvalue weighted by Gasteiger charge is 2.47. The SMILES string of the molecule is CN(C)c1ccc(C(C(C)(C)C)C(F)(F)F)cc1. The van der Waals surface area contributed by atoms with E-state index in [9.17, 15) is 13.2 Å². The number of hydrogen-bond acceptors (Lipinski definition) is 1. The zero-order valence-electron chi connectivity index (χ0n) is 11.5. The van der Waals surface area contributed by atoms with Crippen molar-refractivity contribution in [1.29, 1.82) is 0 Å². The van der Waals surface area contributed by atoms with E-state index in [0.29, 0.717) is 5.56 Å². The Kier molecular flexibility index (Phi) is 3.99. The van der Waals surface area contributed by atoms with Crippen LogP contribution in [0.3, 0.4) is 0 Å². The highest BCUT2D eigenvalue weighted by molar-refractivity contribution is 5.47. The van der Waals surface area contributed by atoms with Crippen molar-refractivity contribution < 1.29 is 13.2 Å². The van der Waals surface area contributed by atoms with E-state index in [2.05, 4.69) is 0 Å². The number of benzene rings is 1. The van der Waals surface area contributed by atoms with Crippen LogP contribution >= 0.6 is 0 Å². The van der Waals surface area contributed by atoms with E-state index < -0.39 is 17.5 Å². The molecule has 0 aliphatic carbocycles. The van der Waals surface area contributed by atoms with E-state index in [1.54, 1.807) is 45.0 Å². The summed E-state index contributed by atoms with van der Waals surface area (Å²) >= 11 is 0. The summed E-state index contributed by atoms with van der Waals surface area (Å²) in [6.07, 6.45) is -4.22. The number of anilines is 1. The topological polar surface area (TPSA) is 3.24 Å². The van der Waals surface area contributed by atoms with Crippen molar-refractivity contribution in [1.82, 2.24) is 0 Å². The van der Waals surface area contributed by atoms with Crippen molar-refractivity contribution in [2.75, 3.05) is 19.0 Å². The molecule has 0 spiro atoms. The molecule has 4 heteroatoms. The fourth-order valence-electron chi connectivity index (χ4n) is 2.14. The molecule has 0 aliphatic heterocycles. The van der Waals surface area contributed by atoms with Gasteiger partial charge in [-0.1, -0.05) is 32.9 Å². The lowest BCUT2D eigenvalue weighted by molar-refractivity contribution is -0.171. The van der Waals surface area contributed by atoms with Crippen molar-refractivity contribution >= 4 is 5.69 Å². The first kappa shape index (κ1) is 14.9. The first-order valence-electron chi connectivity index (χ1n) is 5.87. The third kappa shape index (κ3) is 3.40. The van der Waals surface area contributed by atoms with E-state index >= 15 is 0 Å². The average Bonchev–Trinajstić information content (AvgIpc) is 2.13. The maximum absolute atomic E-state index is 13.2. The molecule has 0 N–H and O–H groups in total.